The summed E-state index contributed by atoms with van der Waals surface area (Å²) >= 11 is 5.80. The highest BCUT2D eigenvalue weighted by Crippen LogP contribution is 2.40. The number of fused-ring (bicyclic) bond motifs is 3. The second-order valence-corrected chi connectivity index (χ2v) is 6.73. The Kier molecular flexibility index (Phi) is 4.17. The fourth-order valence-corrected chi connectivity index (χ4v) is 3.87. The molecule has 25 heavy (non-hydrogen) atoms. The summed E-state index contributed by atoms with van der Waals surface area (Å²) in [5, 5.41) is 1.28. The standard InChI is InChI=1S/C18H17ClF2N4/c1-10-6-13-12-4-2-3-5-14(12)24-16(13)17(25(10)9-15(20)21)11-7-22-18(19)23-8-11/h2-5,7-8,10,15,17,24H,6,9H2,1H3/t10-,17-/m1/s1. The average Bonchev–Trinajstić information content (AvgIpc) is 2.94. The highest BCUT2D eigenvalue weighted by molar-refractivity contribution is 6.28. The van der Waals surface area contributed by atoms with Crippen LogP contribution in [-0.2, 0) is 6.42 Å². The van der Waals surface area contributed by atoms with Gasteiger partial charge in [-0.25, -0.2) is 18.7 Å². The number of aromatic nitrogens is 3. The molecule has 4 rings (SSSR count). The first-order valence-corrected chi connectivity index (χ1v) is 8.53. The number of H-pyrrole nitrogens is 1. The largest absolute Gasteiger partial charge is 0.357 e. The minimum atomic E-state index is -2.41. The summed E-state index contributed by atoms with van der Waals surface area (Å²) in [6.07, 6.45) is 1.54. The Morgan fingerprint density at radius 2 is 2.00 bits per heavy atom. The van der Waals surface area contributed by atoms with Crippen LogP contribution in [0, 0.1) is 0 Å². The van der Waals surface area contributed by atoms with Crippen molar-refractivity contribution in [3.63, 3.8) is 0 Å². The summed E-state index contributed by atoms with van der Waals surface area (Å²) in [6, 6.07) is 7.65. The lowest BCUT2D eigenvalue weighted by atomic mass is 9.89. The van der Waals surface area contributed by atoms with Crippen LogP contribution in [0.2, 0.25) is 5.28 Å². The number of para-hydroxylation sites is 1. The van der Waals surface area contributed by atoms with Crippen molar-refractivity contribution in [3.8, 4) is 0 Å². The Labute approximate surface area is 148 Å². The smallest absolute Gasteiger partial charge is 0.251 e. The maximum atomic E-state index is 13.2. The molecule has 0 fully saturated rings. The Balaban J connectivity index is 1.90. The van der Waals surface area contributed by atoms with Crippen LogP contribution in [0.25, 0.3) is 10.9 Å². The van der Waals surface area contributed by atoms with Crippen LogP contribution in [0.1, 0.15) is 29.8 Å². The Bertz CT molecular complexity index is 894. The molecule has 3 heterocycles. The fourth-order valence-electron chi connectivity index (χ4n) is 3.77. The highest BCUT2D eigenvalue weighted by atomic mass is 35.5. The molecular weight excluding hydrogens is 346 g/mol. The molecule has 1 aromatic carbocycles. The minimum Gasteiger partial charge on any atom is -0.357 e. The van der Waals surface area contributed by atoms with Crippen LogP contribution >= 0.6 is 11.6 Å². The maximum Gasteiger partial charge on any atom is 0.251 e. The number of aromatic amines is 1. The van der Waals surface area contributed by atoms with Crippen molar-refractivity contribution in [3.05, 3.63) is 58.8 Å². The predicted octanol–water partition coefficient (Wildman–Crippen LogP) is 4.21. The average molecular weight is 363 g/mol. The van der Waals surface area contributed by atoms with Gasteiger partial charge in [-0.3, -0.25) is 4.90 Å². The molecule has 0 unspecified atom stereocenters. The molecule has 0 saturated carbocycles. The lowest BCUT2D eigenvalue weighted by Crippen LogP contribution is -2.45. The van der Waals surface area contributed by atoms with Crippen LogP contribution in [-0.4, -0.2) is 38.9 Å². The van der Waals surface area contributed by atoms with E-state index >= 15 is 0 Å². The van der Waals surface area contributed by atoms with Gasteiger partial charge in [0.05, 0.1) is 12.6 Å². The van der Waals surface area contributed by atoms with Crippen molar-refractivity contribution in [2.75, 3.05) is 6.54 Å². The summed E-state index contributed by atoms with van der Waals surface area (Å²) in [6.45, 7) is 1.68. The number of benzene rings is 1. The molecule has 1 aliphatic rings. The summed E-state index contributed by atoms with van der Waals surface area (Å²) in [7, 11) is 0. The van der Waals surface area contributed by atoms with Crippen LogP contribution in [0.4, 0.5) is 8.78 Å². The third kappa shape index (κ3) is 2.89. The predicted molar refractivity (Wildman–Crippen MR) is 93.1 cm³/mol. The summed E-state index contributed by atoms with van der Waals surface area (Å²) in [5.41, 5.74) is 3.88. The van der Waals surface area contributed by atoms with E-state index in [9.17, 15) is 8.78 Å². The van der Waals surface area contributed by atoms with Crippen molar-refractivity contribution in [2.45, 2.75) is 31.9 Å². The van der Waals surface area contributed by atoms with Crippen LogP contribution in [0.5, 0.6) is 0 Å². The van der Waals surface area contributed by atoms with Gasteiger partial charge in [-0.15, -0.1) is 0 Å². The third-order valence-corrected chi connectivity index (χ3v) is 5.02. The molecule has 4 nitrogen and oxygen atoms in total. The first-order chi connectivity index (χ1) is 12.0. The third-order valence-electron chi connectivity index (χ3n) is 4.82. The molecule has 0 saturated heterocycles. The van der Waals surface area contributed by atoms with Crippen molar-refractivity contribution >= 4 is 22.5 Å². The molecule has 2 atom stereocenters. The molecule has 1 aliphatic heterocycles. The zero-order valence-electron chi connectivity index (χ0n) is 13.6. The molecule has 0 aliphatic carbocycles. The number of nitrogens with zero attached hydrogens (tertiary/aromatic N) is 3. The van der Waals surface area contributed by atoms with E-state index in [1.165, 1.54) is 5.56 Å². The fraction of sp³-hybridized carbons (Fsp3) is 0.333. The minimum absolute atomic E-state index is 0.0265. The number of alkyl halides is 2. The van der Waals surface area contributed by atoms with Gasteiger partial charge >= 0.3 is 0 Å². The zero-order chi connectivity index (χ0) is 17.6. The normalized spacial score (nSPS) is 21.0. The molecular formula is C18H17ClF2N4. The Morgan fingerprint density at radius 3 is 2.72 bits per heavy atom. The van der Waals surface area contributed by atoms with Gasteiger partial charge in [0.1, 0.15) is 0 Å². The number of halogens is 3. The molecule has 0 amide bonds. The lowest BCUT2D eigenvalue weighted by Gasteiger charge is -2.40. The van der Waals surface area contributed by atoms with Gasteiger partial charge in [-0.2, -0.15) is 0 Å². The van der Waals surface area contributed by atoms with E-state index < -0.39 is 6.43 Å². The number of hydrogen-bond acceptors (Lipinski definition) is 3. The monoisotopic (exact) mass is 362 g/mol. The van der Waals surface area contributed by atoms with Gasteiger partial charge in [0, 0.05) is 40.6 Å². The van der Waals surface area contributed by atoms with Crippen LogP contribution in [0.3, 0.4) is 0 Å². The topological polar surface area (TPSA) is 44.8 Å². The SMILES string of the molecule is C[C@@H]1Cc2c([nH]c3ccccc23)[C@@H](c2cnc(Cl)nc2)N1CC(F)F. The molecule has 7 heteroatoms. The van der Waals surface area contributed by atoms with Crippen LogP contribution < -0.4 is 0 Å². The summed E-state index contributed by atoms with van der Waals surface area (Å²) in [4.78, 5) is 13.3. The van der Waals surface area contributed by atoms with Gasteiger partial charge in [-0.1, -0.05) is 18.2 Å². The van der Waals surface area contributed by atoms with Crippen LogP contribution in [0.15, 0.2) is 36.7 Å². The Hall–Kier alpha value is -2.05. The Morgan fingerprint density at radius 1 is 1.28 bits per heavy atom. The molecule has 2 aromatic heterocycles. The molecule has 130 valence electrons. The van der Waals surface area contributed by atoms with E-state index in [1.807, 2.05) is 30.0 Å². The van der Waals surface area contributed by atoms with E-state index in [1.54, 1.807) is 12.4 Å². The second-order valence-electron chi connectivity index (χ2n) is 6.39. The van der Waals surface area contributed by atoms with Crippen molar-refractivity contribution in [2.24, 2.45) is 0 Å². The van der Waals surface area contributed by atoms with Gasteiger partial charge < -0.3 is 4.98 Å². The molecule has 3 aromatic rings. The quantitative estimate of drug-likeness (QED) is 0.710. The van der Waals surface area contributed by atoms with E-state index in [-0.39, 0.29) is 23.9 Å². The van der Waals surface area contributed by atoms with E-state index in [4.69, 9.17) is 11.6 Å². The highest BCUT2D eigenvalue weighted by Gasteiger charge is 2.37. The van der Waals surface area contributed by atoms with E-state index in [0.717, 1.165) is 28.6 Å². The summed E-state index contributed by atoms with van der Waals surface area (Å²) in [5.74, 6) is 0. The van der Waals surface area contributed by atoms with Gasteiger partial charge in [0.25, 0.3) is 6.43 Å². The van der Waals surface area contributed by atoms with Gasteiger partial charge in [-0.05, 0) is 36.6 Å². The van der Waals surface area contributed by atoms with Gasteiger partial charge in [0.2, 0.25) is 5.28 Å². The first kappa shape index (κ1) is 16.4. The number of nitrogens with one attached hydrogen (secondary N) is 1. The zero-order valence-corrected chi connectivity index (χ0v) is 14.3. The first-order valence-electron chi connectivity index (χ1n) is 8.15. The molecule has 1 N–H and O–H groups in total. The number of rotatable bonds is 3. The van der Waals surface area contributed by atoms with Gasteiger partial charge in [0.15, 0.2) is 0 Å². The summed E-state index contributed by atoms with van der Waals surface area (Å²) < 4.78 is 26.4. The molecule has 0 bridgehead atoms. The van der Waals surface area contributed by atoms with E-state index in [2.05, 4.69) is 21.0 Å². The van der Waals surface area contributed by atoms with Crippen molar-refractivity contribution < 1.29 is 8.78 Å². The van der Waals surface area contributed by atoms with Crippen molar-refractivity contribution in [1.29, 1.82) is 0 Å². The molecule has 0 spiro atoms. The lowest BCUT2D eigenvalue weighted by molar-refractivity contribution is 0.0454. The maximum absolute atomic E-state index is 13.2. The second kappa shape index (κ2) is 6.35. The molecule has 0 radical (unpaired) electrons. The van der Waals surface area contributed by atoms with E-state index in [0.29, 0.717) is 0 Å². The van der Waals surface area contributed by atoms with Crippen molar-refractivity contribution in [1.82, 2.24) is 19.9 Å². The number of hydrogen-bond donors (Lipinski definition) is 1.